The molecule has 0 aliphatic rings. The van der Waals surface area contributed by atoms with Crippen molar-refractivity contribution in [2.75, 3.05) is 7.05 Å². The minimum atomic E-state index is 0.481. The number of hydrogen-bond donors (Lipinski definition) is 1. The Kier molecular flexibility index (Phi) is 4.29. The van der Waals surface area contributed by atoms with Gasteiger partial charge in [-0.05, 0) is 33.7 Å². The topological polar surface area (TPSA) is 24.9 Å². The van der Waals surface area contributed by atoms with Crippen LogP contribution in [0.15, 0.2) is 0 Å². The summed E-state index contributed by atoms with van der Waals surface area (Å²) in [6.07, 6.45) is 0. The molecule has 1 aromatic heterocycles. The Morgan fingerprint density at radius 3 is 2.13 bits per heavy atom. The molecule has 0 fully saturated rings. The molecule has 1 aromatic rings. The highest BCUT2D eigenvalue weighted by molar-refractivity contribution is 7.11. The SMILES string of the molecule is CNC(C)C(c1nc(C)c(C)s1)C(C)C. The van der Waals surface area contributed by atoms with E-state index in [9.17, 15) is 0 Å². The van der Waals surface area contributed by atoms with Crippen molar-refractivity contribution in [3.05, 3.63) is 15.6 Å². The quantitative estimate of drug-likeness (QED) is 0.853. The molecular weight excluding hydrogens is 204 g/mol. The maximum Gasteiger partial charge on any atom is 0.0979 e. The lowest BCUT2D eigenvalue weighted by atomic mass is 9.90. The molecule has 0 radical (unpaired) electrons. The summed E-state index contributed by atoms with van der Waals surface area (Å²) in [5.74, 6) is 1.14. The van der Waals surface area contributed by atoms with E-state index in [4.69, 9.17) is 0 Å². The second-order valence-electron chi connectivity index (χ2n) is 4.54. The third kappa shape index (κ3) is 2.79. The number of aryl methyl sites for hydroxylation is 2. The summed E-state index contributed by atoms with van der Waals surface area (Å²) in [7, 11) is 2.02. The highest BCUT2D eigenvalue weighted by Crippen LogP contribution is 2.32. The molecule has 2 unspecified atom stereocenters. The fourth-order valence-electron chi connectivity index (χ4n) is 1.90. The number of nitrogens with zero attached hydrogens (tertiary/aromatic N) is 1. The van der Waals surface area contributed by atoms with Crippen molar-refractivity contribution in [2.24, 2.45) is 5.92 Å². The average Bonchev–Trinajstić information content (AvgIpc) is 2.46. The fourth-order valence-corrected chi connectivity index (χ4v) is 3.20. The zero-order valence-corrected chi connectivity index (χ0v) is 11.4. The lowest BCUT2D eigenvalue weighted by molar-refractivity contribution is 0.394. The van der Waals surface area contributed by atoms with Crippen molar-refractivity contribution in [3.63, 3.8) is 0 Å². The molecular formula is C12H22N2S. The smallest absolute Gasteiger partial charge is 0.0979 e. The van der Waals surface area contributed by atoms with Crippen LogP contribution in [0.3, 0.4) is 0 Å². The first-order chi connectivity index (χ1) is 6.97. The van der Waals surface area contributed by atoms with Crippen LogP contribution in [0.2, 0.25) is 0 Å². The summed E-state index contributed by atoms with van der Waals surface area (Å²) in [5, 5.41) is 4.62. The molecule has 0 aliphatic heterocycles. The Morgan fingerprint density at radius 2 is 1.80 bits per heavy atom. The van der Waals surface area contributed by atoms with Gasteiger partial charge in [-0.1, -0.05) is 13.8 Å². The van der Waals surface area contributed by atoms with Gasteiger partial charge in [-0.3, -0.25) is 0 Å². The molecule has 86 valence electrons. The number of aromatic nitrogens is 1. The Labute approximate surface area is 97.1 Å². The first-order valence-electron chi connectivity index (χ1n) is 5.58. The van der Waals surface area contributed by atoms with Gasteiger partial charge in [0.15, 0.2) is 0 Å². The van der Waals surface area contributed by atoms with Gasteiger partial charge in [0.1, 0.15) is 0 Å². The van der Waals surface area contributed by atoms with Crippen LogP contribution in [0.25, 0.3) is 0 Å². The standard InChI is InChI=1S/C12H22N2S/c1-7(2)11(9(4)13-6)12-14-8(3)10(5)15-12/h7,9,11,13H,1-6H3. The van der Waals surface area contributed by atoms with E-state index in [2.05, 4.69) is 44.9 Å². The number of thiazole rings is 1. The monoisotopic (exact) mass is 226 g/mol. The highest BCUT2D eigenvalue weighted by atomic mass is 32.1. The lowest BCUT2D eigenvalue weighted by Crippen LogP contribution is -2.31. The van der Waals surface area contributed by atoms with E-state index < -0.39 is 0 Å². The maximum atomic E-state index is 4.68. The predicted octanol–water partition coefficient (Wildman–Crippen LogP) is 3.11. The number of hydrogen-bond acceptors (Lipinski definition) is 3. The van der Waals surface area contributed by atoms with Crippen LogP contribution in [-0.4, -0.2) is 18.1 Å². The molecule has 1 rings (SSSR count). The van der Waals surface area contributed by atoms with E-state index in [-0.39, 0.29) is 0 Å². The third-order valence-corrected chi connectivity index (χ3v) is 4.22. The summed E-state index contributed by atoms with van der Waals surface area (Å²) >= 11 is 1.84. The molecule has 0 aromatic carbocycles. The van der Waals surface area contributed by atoms with Crippen LogP contribution < -0.4 is 5.32 Å². The molecule has 3 heteroatoms. The van der Waals surface area contributed by atoms with Gasteiger partial charge in [-0.2, -0.15) is 0 Å². The van der Waals surface area contributed by atoms with Crippen molar-refractivity contribution in [1.82, 2.24) is 10.3 Å². The number of likely N-dealkylation sites (N-methyl/N-ethyl adjacent to an activating group) is 1. The second-order valence-corrected chi connectivity index (χ2v) is 5.78. The summed E-state index contributed by atoms with van der Waals surface area (Å²) < 4.78 is 0. The van der Waals surface area contributed by atoms with Crippen molar-refractivity contribution < 1.29 is 0 Å². The van der Waals surface area contributed by atoms with Gasteiger partial charge in [-0.25, -0.2) is 4.98 Å². The fraction of sp³-hybridized carbons (Fsp3) is 0.750. The minimum absolute atomic E-state index is 0.481. The minimum Gasteiger partial charge on any atom is -0.317 e. The van der Waals surface area contributed by atoms with E-state index in [0.29, 0.717) is 17.9 Å². The van der Waals surface area contributed by atoms with Gasteiger partial charge in [-0.15, -0.1) is 11.3 Å². The van der Waals surface area contributed by atoms with E-state index in [0.717, 1.165) is 0 Å². The van der Waals surface area contributed by atoms with Gasteiger partial charge in [0.2, 0.25) is 0 Å². The first-order valence-corrected chi connectivity index (χ1v) is 6.40. The van der Waals surface area contributed by atoms with Crippen LogP contribution in [0, 0.1) is 19.8 Å². The molecule has 1 N–H and O–H groups in total. The Morgan fingerprint density at radius 1 is 1.20 bits per heavy atom. The van der Waals surface area contributed by atoms with E-state index in [1.807, 2.05) is 18.4 Å². The number of nitrogens with one attached hydrogen (secondary N) is 1. The molecule has 0 saturated carbocycles. The molecule has 0 aliphatic carbocycles. The normalized spacial score (nSPS) is 15.7. The van der Waals surface area contributed by atoms with Gasteiger partial charge in [0.25, 0.3) is 0 Å². The molecule has 2 nitrogen and oxygen atoms in total. The molecule has 15 heavy (non-hydrogen) atoms. The van der Waals surface area contributed by atoms with Gasteiger partial charge in [0.05, 0.1) is 10.7 Å². The van der Waals surface area contributed by atoms with Gasteiger partial charge < -0.3 is 5.32 Å². The van der Waals surface area contributed by atoms with Crippen molar-refractivity contribution >= 4 is 11.3 Å². The van der Waals surface area contributed by atoms with Crippen LogP contribution in [0.4, 0.5) is 0 Å². The Hall–Kier alpha value is -0.410. The van der Waals surface area contributed by atoms with E-state index in [1.54, 1.807) is 0 Å². The van der Waals surface area contributed by atoms with Crippen LogP contribution in [0.5, 0.6) is 0 Å². The van der Waals surface area contributed by atoms with Gasteiger partial charge >= 0.3 is 0 Å². The Bertz CT molecular complexity index is 298. The van der Waals surface area contributed by atoms with Gasteiger partial charge in [0, 0.05) is 16.8 Å². The molecule has 0 saturated heterocycles. The third-order valence-electron chi connectivity index (χ3n) is 3.04. The van der Waals surface area contributed by atoms with Crippen LogP contribution >= 0.6 is 11.3 Å². The van der Waals surface area contributed by atoms with Crippen molar-refractivity contribution in [3.8, 4) is 0 Å². The summed E-state index contributed by atoms with van der Waals surface area (Å²) in [4.78, 5) is 6.03. The summed E-state index contributed by atoms with van der Waals surface area (Å²) in [6.45, 7) is 11.0. The van der Waals surface area contributed by atoms with E-state index >= 15 is 0 Å². The zero-order chi connectivity index (χ0) is 11.6. The predicted molar refractivity (Wildman–Crippen MR) is 67.7 cm³/mol. The molecule has 2 atom stereocenters. The average molecular weight is 226 g/mol. The van der Waals surface area contributed by atoms with Crippen molar-refractivity contribution in [2.45, 2.75) is 46.6 Å². The zero-order valence-electron chi connectivity index (χ0n) is 10.6. The summed E-state index contributed by atoms with van der Waals surface area (Å²) in [5.41, 5.74) is 1.18. The van der Waals surface area contributed by atoms with Crippen molar-refractivity contribution in [1.29, 1.82) is 0 Å². The largest absolute Gasteiger partial charge is 0.317 e. The first kappa shape index (κ1) is 12.7. The number of rotatable bonds is 4. The molecule has 0 spiro atoms. The van der Waals surface area contributed by atoms with Crippen LogP contribution in [-0.2, 0) is 0 Å². The lowest BCUT2D eigenvalue weighted by Gasteiger charge is -2.25. The van der Waals surface area contributed by atoms with Crippen LogP contribution in [0.1, 0.15) is 42.3 Å². The molecule has 0 amide bonds. The maximum absolute atomic E-state index is 4.68. The highest BCUT2D eigenvalue weighted by Gasteiger charge is 2.25. The summed E-state index contributed by atoms with van der Waals surface area (Å²) in [6, 6.07) is 0.481. The molecule has 1 heterocycles. The molecule has 0 bridgehead atoms. The van der Waals surface area contributed by atoms with E-state index in [1.165, 1.54) is 15.6 Å². The Balaban J connectivity index is 2.99. The second kappa shape index (κ2) is 5.08.